The van der Waals surface area contributed by atoms with E-state index in [1.54, 1.807) is 30.3 Å². The first-order valence-corrected chi connectivity index (χ1v) is 14.3. The lowest BCUT2D eigenvalue weighted by atomic mass is 10.0. The summed E-state index contributed by atoms with van der Waals surface area (Å²) in [4.78, 5) is 31.2. The van der Waals surface area contributed by atoms with E-state index < -0.39 is 6.10 Å². The molecule has 10 nitrogen and oxygen atoms in total. The summed E-state index contributed by atoms with van der Waals surface area (Å²) in [6.07, 6.45) is 1.85. The molecule has 1 saturated heterocycles. The Balaban J connectivity index is 0.957. The first kappa shape index (κ1) is 29.2. The number of nitrogens with zero attached hydrogens (tertiary/aromatic N) is 1. The molecule has 0 aliphatic carbocycles. The first-order valence-electron chi connectivity index (χ1n) is 14.3. The maximum absolute atomic E-state index is 13.0. The summed E-state index contributed by atoms with van der Waals surface area (Å²) in [6.45, 7) is 2.95. The smallest absolute Gasteiger partial charge is 0.323 e. The van der Waals surface area contributed by atoms with Crippen molar-refractivity contribution >= 4 is 22.8 Å². The van der Waals surface area contributed by atoms with Crippen LogP contribution in [0.25, 0.3) is 11.0 Å². The molecule has 1 aliphatic rings. The fourth-order valence-corrected chi connectivity index (χ4v) is 5.02. The van der Waals surface area contributed by atoms with Crippen molar-refractivity contribution in [3.8, 4) is 5.75 Å². The van der Waals surface area contributed by atoms with Gasteiger partial charge in [-0.25, -0.2) is 14.0 Å². The number of rotatable bonds is 12. The third kappa shape index (κ3) is 8.11. The number of hydrogen-bond acceptors (Lipinski definition) is 6. The highest BCUT2D eigenvalue weighted by atomic mass is 19.1. The summed E-state index contributed by atoms with van der Waals surface area (Å²) in [5, 5.41) is 20.0. The molecule has 222 valence electrons. The van der Waals surface area contributed by atoms with Crippen molar-refractivity contribution in [1.29, 1.82) is 0 Å². The molecule has 2 amide bonds. The number of piperidine rings is 1. The van der Waals surface area contributed by atoms with Crippen molar-refractivity contribution in [3.05, 3.63) is 94.2 Å². The number of carbonyl (C=O) groups is 1. The average Bonchev–Trinajstić information content (AvgIpc) is 3.40. The number of nitrogens with one attached hydrogen (secondary N) is 5. The van der Waals surface area contributed by atoms with Gasteiger partial charge in [-0.1, -0.05) is 30.3 Å². The Morgan fingerprint density at radius 2 is 1.76 bits per heavy atom. The Kier molecular flexibility index (Phi) is 9.73. The molecular formula is C31H37FN6O4. The molecule has 1 atom stereocenters. The molecule has 6 N–H and O–H groups in total. The molecule has 1 aromatic heterocycles. The molecule has 1 fully saturated rings. The van der Waals surface area contributed by atoms with Gasteiger partial charge in [0.2, 0.25) is 0 Å². The number of carbonyl (C=O) groups excluding carboxylic acids is 1. The SMILES string of the molecule is O=C(NCc1ccc(F)cc1)N1CCC(Nc2ccc(CCNC[C@H](O)COc3cccc4[nH]c(=O)[nH]c34)cc2)CC1. The third-order valence-electron chi connectivity index (χ3n) is 7.38. The number of halogens is 1. The molecule has 11 heteroatoms. The predicted molar refractivity (Wildman–Crippen MR) is 160 cm³/mol. The maximum Gasteiger partial charge on any atom is 0.323 e. The van der Waals surface area contributed by atoms with E-state index in [0.29, 0.717) is 55.5 Å². The van der Waals surface area contributed by atoms with E-state index in [4.69, 9.17) is 4.74 Å². The normalized spacial score (nSPS) is 14.6. The molecule has 0 spiro atoms. The van der Waals surface area contributed by atoms with Crippen LogP contribution < -0.4 is 26.4 Å². The van der Waals surface area contributed by atoms with E-state index >= 15 is 0 Å². The zero-order chi connectivity index (χ0) is 29.3. The van der Waals surface area contributed by atoms with Gasteiger partial charge in [-0.05, 0) is 73.3 Å². The number of para-hydroxylation sites is 1. The van der Waals surface area contributed by atoms with Crippen LogP contribution in [0.5, 0.6) is 5.75 Å². The van der Waals surface area contributed by atoms with Gasteiger partial charge in [0.25, 0.3) is 0 Å². The van der Waals surface area contributed by atoms with Crippen molar-refractivity contribution < 1.29 is 19.0 Å². The van der Waals surface area contributed by atoms with Gasteiger partial charge < -0.3 is 40.7 Å². The number of fused-ring (bicyclic) bond motifs is 1. The Labute approximate surface area is 243 Å². The molecule has 0 bridgehead atoms. The number of H-pyrrole nitrogens is 2. The van der Waals surface area contributed by atoms with Crippen LogP contribution in [0.4, 0.5) is 14.9 Å². The number of aliphatic hydroxyl groups excluding tert-OH is 1. The van der Waals surface area contributed by atoms with E-state index in [9.17, 15) is 19.1 Å². The quantitative estimate of drug-likeness (QED) is 0.143. The number of aromatic nitrogens is 2. The number of imidazole rings is 1. The van der Waals surface area contributed by atoms with Crippen molar-refractivity contribution in [1.82, 2.24) is 25.5 Å². The van der Waals surface area contributed by atoms with E-state index in [-0.39, 0.29) is 24.1 Å². The second-order valence-corrected chi connectivity index (χ2v) is 10.6. The molecule has 0 radical (unpaired) electrons. The first-order chi connectivity index (χ1) is 20.4. The fraction of sp³-hybridized carbons (Fsp3) is 0.355. The number of amides is 2. The van der Waals surface area contributed by atoms with Crippen LogP contribution in [0.2, 0.25) is 0 Å². The monoisotopic (exact) mass is 576 g/mol. The van der Waals surface area contributed by atoms with Gasteiger partial charge in [0, 0.05) is 37.9 Å². The van der Waals surface area contributed by atoms with Crippen LogP contribution in [-0.4, -0.2) is 70.9 Å². The van der Waals surface area contributed by atoms with Gasteiger partial charge >= 0.3 is 11.7 Å². The Hall–Kier alpha value is -4.35. The van der Waals surface area contributed by atoms with Crippen LogP contribution in [0, 0.1) is 5.82 Å². The molecule has 2 heterocycles. The zero-order valence-corrected chi connectivity index (χ0v) is 23.4. The van der Waals surface area contributed by atoms with Crippen LogP contribution in [0.15, 0.2) is 71.5 Å². The molecule has 1 aliphatic heterocycles. The summed E-state index contributed by atoms with van der Waals surface area (Å²) < 4.78 is 18.8. The standard InChI is InChI=1S/C31H37FN6O4/c32-23-8-4-22(5-9-23)18-34-31(41)38-16-13-25(14-17-38)35-24-10-6-21(7-11-24)12-15-33-19-26(39)20-42-28-3-1-2-27-29(28)37-30(40)36-27/h1-11,25-26,33,35,39H,12-20H2,(H,34,41)(H2,36,37,40)/t26-/m0/s1. The van der Waals surface area contributed by atoms with Gasteiger partial charge in [-0.3, -0.25) is 0 Å². The highest BCUT2D eigenvalue weighted by Crippen LogP contribution is 2.21. The molecule has 42 heavy (non-hydrogen) atoms. The lowest BCUT2D eigenvalue weighted by Crippen LogP contribution is -2.46. The summed E-state index contributed by atoms with van der Waals surface area (Å²) in [5.74, 6) is 0.234. The number of likely N-dealkylation sites (tertiary alicyclic amines) is 1. The average molecular weight is 577 g/mol. The minimum Gasteiger partial charge on any atom is -0.489 e. The summed E-state index contributed by atoms with van der Waals surface area (Å²) in [5.41, 5.74) is 4.07. The lowest BCUT2D eigenvalue weighted by Gasteiger charge is -2.33. The van der Waals surface area contributed by atoms with Crippen LogP contribution >= 0.6 is 0 Å². The molecule has 0 unspecified atom stereocenters. The van der Waals surface area contributed by atoms with E-state index in [0.717, 1.165) is 30.5 Å². The summed E-state index contributed by atoms with van der Waals surface area (Å²) >= 11 is 0. The highest BCUT2D eigenvalue weighted by molar-refractivity contribution is 5.81. The van der Waals surface area contributed by atoms with Gasteiger partial charge in [-0.15, -0.1) is 0 Å². The maximum atomic E-state index is 13.0. The fourth-order valence-electron chi connectivity index (χ4n) is 5.02. The molecular weight excluding hydrogens is 539 g/mol. The lowest BCUT2D eigenvalue weighted by molar-refractivity contribution is 0.107. The van der Waals surface area contributed by atoms with E-state index in [2.05, 4.69) is 50.2 Å². The minimum absolute atomic E-state index is 0.0947. The van der Waals surface area contributed by atoms with Gasteiger partial charge in [0.1, 0.15) is 29.8 Å². The number of hydrogen-bond donors (Lipinski definition) is 6. The molecule has 0 saturated carbocycles. The van der Waals surface area contributed by atoms with Gasteiger partial charge in [-0.2, -0.15) is 0 Å². The predicted octanol–water partition coefficient (Wildman–Crippen LogP) is 3.35. The molecule has 4 aromatic rings. The number of urea groups is 1. The van der Waals surface area contributed by atoms with E-state index in [1.165, 1.54) is 17.7 Å². The highest BCUT2D eigenvalue weighted by Gasteiger charge is 2.22. The Morgan fingerprint density at radius 3 is 2.52 bits per heavy atom. The largest absolute Gasteiger partial charge is 0.489 e. The third-order valence-corrected chi connectivity index (χ3v) is 7.38. The second kappa shape index (κ2) is 14.0. The summed E-state index contributed by atoms with van der Waals surface area (Å²) in [6, 6.07) is 20.0. The van der Waals surface area contributed by atoms with Gasteiger partial charge in [0.05, 0.1) is 5.52 Å². The van der Waals surface area contributed by atoms with Crippen molar-refractivity contribution in [3.63, 3.8) is 0 Å². The molecule has 5 rings (SSSR count). The van der Waals surface area contributed by atoms with Crippen molar-refractivity contribution in [2.45, 2.75) is 38.0 Å². The van der Waals surface area contributed by atoms with Crippen LogP contribution in [0.3, 0.4) is 0 Å². The van der Waals surface area contributed by atoms with Crippen molar-refractivity contribution in [2.24, 2.45) is 0 Å². The summed E-state index contributed by atoms with van der Waals surface area (Å²) in [7, 11) is 0. The minimum atomic E-state index is -0.690. The van der Waals surface area contributed by atoms with Crippen LogP contribution in [-0.2, 0) is 13.0 Å². The number of anilines is 1. The van der Waals surface area contributed by atoms with E-state index in [1.807, 2.05) is 4.90 Å². The number of aliphatic hydroxyl groups is 1. The zero-order valence-electron chi connectivity index (χ0n) is 23.4. The molecule has 3 aromatic carbocycles. The van der Waals surface area contributed by atoms with Crippen LogP contribution in [0.1, 0.15) is 24.0 Å². The van der Waals surface area contributed by atoms with Gasteiger partial charge in [0.15, 0.2) is 0 Å². The topological polar surface area (TPSA) is 135 Å². The number of benzene rings is 3. The Bertz CT molecular complexity index is 1500. The Morgan fingerprint density at radius 1 is 1.02 bits per heavy atom. The van der Waals surface area contributed by atoms with Crippen molar-refractivity contribution in [2.75, 3.05) is 38.1 Å². The second-order valence-electron chi connectivity index (χ2n) is 10.6. The number of aromatic amines is 2. The number of ether oxygens (including phenoxy) is 1.